The van der Waals surface area contributed by atoms with Crippen molar-refractivity contribution in [2.24, 2.45) is 0 Å². The lowest BCUT2D eigenvalue weighted by Crippen LogP contribution is -1.95. The van der Waals surface area contributed by atoms with Crippen molar-refractivity contribution in [2.75, 3.05) is 12.3 Å². The molecule has 0 unspecified atom stereocenters. The molecule has 0 saturated heterocycles. The number of ether oxygens (including phenoxy) is 1. The Hall–Kier alpha value is -2.19. The second-order valence-corrected chi connectivity index (χ2v) is 5.33. The summed E-state index contributed by atoms with van der Waals surface area (Å²) in [6, 6.07) is 12.1. The molecule has 0 saturated carbocycles. The van der Waals surface area contributed by atoms with Crippen molar-refractivity contribution in [3.8, 4) is 11.8 Å². The molecule has 2 aromatic carbocycles. The molecule has 0 aliphatic heterocycles. The number of nitrogen functional groups attached to an aromatic ring is 1. The molecule has 0 aliphatic carbocycles. The molecular weight excluding hydrogens is 287 g/mol. The highest BCUT2D eigenvalue weighted by Crippen LogP contribution is 2.32. The monoisotopic (exact) mass is 302 g/mol. The highest BCUT2D eigenvalue weighted by Gasteiger charge is 2.09. The van der Waals surface area contributed by atoms with Crippen LogP contribution in [0.1, 0.15) is 18.1 Å². The molecule has 0 atom stereocenters. The Morgan fingerprint density at radius 2 is 2.14 bits per heavy atom. The summed E-state index contributed by atoms with van der Waals surface area (Å²) in [6.07, 6.45) is 0. The van der Waals surface area contributed by atoms with Gasteiger partial charge < -0.3 is 10.5 Å². The maximum absolute atomic E-state index is 14.0. The molecule has 5 heteroatoms. The zero-order valence-electron chi connectivity index (χ0n) is 11.6. The number of nitrogens with two attached hydrogens (primary N) is 1. The zero-order chi connectivity index (χ0) is 15.2. The van der Waals surface area contributed by atoms with Gasteiger partial charge in [0, 0.05) is 16.3 Å². The molecule has 0 fully saturated rings. The van der Waals surface area contributed by atoms with E-state index in [4.69, 9.17) is 15.7 Å². The van der Waals surface area contributed by atoms with Crippen LogP contribution < -0.4 is 10.5 Å². The Balaban J connectivity index is 2.17. The van der Waals surface area contributed by atoms with Crippen LogP contribution in [-0.4, -0.2) is 6.61 Å². The standard InChI is InChI=1S/C16H15FN2OS/c1-2-20-13-6-7-14(19)15(8-13)21-10-12-5-3-4-11(9-18)16(12)17/h3-8H,2,10,19H2,1H3. The van der Waals surface area contributed by atoms with Gasteiger partial charge in [-0.1, -0.05) is 12.1 Å². The fourth-order valence-corrected chi connectivity index (χ4v) is 2.80. The van der Waals surface area contributed by atoms with Crippen molar-refractivity contribution in [3.05, 3.63) is 53.3 Å². The molecule has 0 amide bonds. The first-order chi connectivity index (χ1) is 10.2. The zero-order valence-corrected chi connectivity index (χ0v) is 12.4. The van der Waals surface area contributed by atoms with E-state index in [1.54, 1.807) is 24.3 Å². The first kappa shape index (κ1) is 15.2. The summed E-state index contributed by atoms with van der Waals surface area (Å²) < 4.78 is 19.4. The smallest absolute Gasteiger partial charge is 0.144 e. The second kappa shape index (κ2) is 7.00. The third-order valence-corrected chi connectivity index (χ3v) is 4.00. The molecule has 0 spiro atoms. The van der Waals surface area contributed by atoms with Gasteiger partial charge in [0.1, 0.15) is 17.6 Å². The SMILES string of the molecule is CCOc1ccc(N)c(SCc2cccc(C#N)c2F)c1. The minimum Gasteiger partial charge on any atom is -0.494 e. The Bertz CT molecular complexity index is 682. The maximum atomic E-state index is 14.0. The van der Waals surface area contributed by atoms with E-state index in [2.05, 4.69) is 0 Å². The molecular formula is C16H15FN2OS. The highest BCUT2D eigenvalue weighted by atomic mass is 32.2. The van der Waals surface area contributed by atoms with Gasteiger partial charge in [-0.15, -0.1) is 11.8 Å². The number of halogens is 1. The molecule has 0 aromatic heterocycles. The lowest BCUT2D eigenvalue weighted by molar-refractivity contribution is 0.339. The van der Waals surface area contributed by atoms with Crippen LogP contribution in [0.25, 0.3) is 0 Å². The van der Waals surface area contributed by atoms with Gasteiger partial charge >= 0.3 is 0 Å². The molecule has 0 heterocycles. The number of nitrogens with zero attached hydrogens (tertiary/aromatic N) is 1. The fourth-order valence-electron chi connectivity index (χ4n) is 1.83. The van der Waals surface area contributed by atoms with Crippen LogP contribution in [0.3, 0.4) is 0 Å². The molecule has 21 heavy (non-hydrogen) atoms. The van der Waals surface area contributed by atoms with Crippen LogP contribution in [0.15, 0.2) is 41.3 Å². The Kier molecular flexibility index (Phi) is 5.07. The van der Waals surface area contributed by atoms with Gasteiger partial charge in [0.2, 0.25) is 0 Å². The summed E-state index contributed by atoms with van der Waals surface area (Å²) in [5.41, 5.74) is 7.09. The van der Waals surface area contributed by atoms with E-state index >= 15 is 0 Å². The van der Waals surface area contributed by atoms with E-state index in [0.29, 0.717) is 23.6 Å². The van der Waals surface area contributed by atoms with Crippen LogP contribution in [0.2, 0.25) is 0 Å². The summed E-state index contributed by atoms with van der Waals surface area (Å²) in [7, 11) is 0. The van der Waals surface area contributed by atoms with E-state index in [0.717, 1.165) is 10.6 Å². The van der Waals surface area contributed by atoms with Crippen molar-refractivity contribution < 1.29 is 9.13 Å². The van der Waals surface area contributed by atoms with E-state index in [1.807, 2.05) is 19.1 Å². The maximum Gasteiger partial charge on any atom is 0.144 e. The van der Waals surface area contributed by atoms with Crippen molar-refractivity contribution >= 4 is 17.4 Å². The predicted octanol–water partition coefficient (Wildman–Crippen LogP) is 3.97. The molecule has 2 aromatic rings. The average molecular weight is 302 g/mol. The number of rotatable bonds is 5. The van der Waals surface area contributed by atoms with Gasteiger partial charge in [-0.3, -0.25) is 0 Å². The molecule has 0 bridgehead atoms. The number of anilines is 1. The highest BCUT2D eigenvalue weighted by molar-refractivity contribution is 7.98. The van der Waals surface area contributed by atoms with Crippen LogP contribution in [0.4, 0.5) is 10.1 Å². The summed E-state index contributed by atoms with van der Waals surface area (Å²) in [4.78, 5) is 0.836. The fraction of sp³-hybridized carbons (Fsp3) is 0.188. The van der Waals surface area contributed by atoms with Crippen LogP contribution in [0, 0.1) is 17.1 Å². The van der Waals surface area contributed by atoms with Gasteiger partial charge in [0.05, 0.1) is 12.2 Å². The van der Waals surface area contributed by atoms with E-state index < -0.39 is 5.82 Å². The van der Waals surface area contributed by atoms with Crippen molar-refractivity contribution in [3.63, 3.8) is 0 Å². The minimum absolute atomic E-state index is 0.0594. The summed E-state index contributed by atoms with van der Waals surface area (Å²) in [6.45, 7) is 2.48. The third kappa shape index (κ3) is 3.67. The molecule has 108 valence electrons. The summed E-state index contributed by atoms with van der Waals surface area (Å²) in [5, 5.41) is 8.83. The molecule has 2 rings (SSSR count). The van der Waals surface area contributed by atoms with Crippen molar-refractivity contribution in [1.29, 1.82) is 5.26 Å². The van der Waals surface area contributed by atoms with Gasteiger partial charge in [0.25, 0.3) is 0 Å². The van der Waals surface area contributed by atoms with Crippen molar-refractivity contribution in [2.45, 2.75) is 17.6 Å². The lowest BCUT2D eigenvalue weighted by atomic mass is 10.1. The first-order valence-electron chi connectivity index (χ1n) is 6.48. The van der Waals surface area contributed by atoms with Crippen LogP contribution in [0.5, 0.6) is 5.75 Å². The van der Waals surface area contributed by atoms with E-state index in [1.165, 1.54) is 17.8 Å². The number of nitriles is 1. The molecule has 3 nitrogen and oxygen atoms in total. The third-order valence-electron chi connectivity index (χ3n) is 2.88. The average Bonchev–Trinajstić information content (AvgIpc) is 2.49. The Morgan fingerprint density at radius 1 is 1.33 bits per heavy atom. The van der Waals surface area contributed by atoms with Gasteiger partial charge in [0.15, 0.2) is 0 Å². The molecule has 2 N–H and O–H groups in total. The molecule has 0 radical (unpaired) electrons. The Morgan fingerprint density at radius 3 is 2.86 bits per heavy atom. The summed E-state index contributed by atoms with van der Waals surface area (Å²) in [5.74, 6) is 0.675. The van der Waals surface area contributed by atoms with Gasteiger partial charge in [-0.2, -0.15) is 5.26 Å². The second-order valence-electron chi connectivity index (χ2n) is 4.31. The van der Waals surface area contributed by atoms with Crippen LogP contribution >= 0.6 is 11.8 Å². The predicted molar refractivity (Wildman–Crippen MR) is 82.7 cm³/mol. The minimum atomic E-state index is -0.466. The van der Waals surface area contributed by atoms with Crippen LogP contribution in [-0.2, 0) is 5.75 Å². The normalized spacial score (nSPS) is 10.1. The molecule has 0 aliphatic rings. The van der Waals surface area contributed by atoms with E-state index in [-0.39, 0.29) is 5.56 Å². The largest absolute Gasteiger partial charge is 0.494 e. The van der Waals surface area contributed by atoms with Gasteiger partial charge in [-0.05, 0) is 36.8 Å². The van der Waals surface area contributed by atoms with Gasteiger partial charge in [-0.25, -0.2) is 4.39 Å². The lowest BCUT2D eigenvalue weighted by Gasteiger charge is -2.09. The van der Waals surface area contributed by atoms with E-state index in [9.17, 15) is 4.39 Å². The number of hydrogen-bond acceptors (Lipinski definition) is 4. The number of hydrogen-bond donors (Lipinski definition) is 1. The Labute approximate surface area is 127 Å². The quantitative estimate of drug-likeness (QED) is 0.670. The first-order valence-corrected chi connectivity index (χ1v) is 7.47. The van der Waals surface area contributed by atoms with Crippen molar-refractivity contribution in [1.82, 2.24) is 0 Å². The summed E-state index contributed by atoms with van der Waals surface area (Å²) >= 11 is 1.42. The topological polar surface area (TPSA) is 59.0 Å². The number of benzene rings is 2. The number of thioether (sulfide) groups is 1.